The zero-order valence-corrected chi connectivity index (χ0v) is 8.53. The van der Waals surface area contributed by atoms with E-state index in [1.165, 1.54) is 12.1 Å². The Balaban J connectivity index is 3.10. The first kappa shape index (κ1) is 10.5. The van der Waals surface area contributed by atoms with Crippen LogP contribution in [0.5, 0.6) is 0 Å². The molecular formula is C10H13ClFN. The number of hydrogen-bond acceptors (Lipinski definition) is 1. The van der Waals surface area contributed by atoms with Crippen molar-refractivity contribution in [3.05, 3.63) is 34.6 Å². The van der Waals surface area contributed by atoms with E-state index >= 15 is 0 Å². The van der Waals surface area contributed by atoms with Gasteiger partial charge < -0.3 is 5.73 Å². The molecule has 0 aliphatic rings. The zero-order valence-electron chi connectivity index (χ0n) is 7.77. The van der Waals surface area contributed by atoms with Crippen molar-refractivity contribution >= 4 is 11.6 Å². The number of benzene rings is 1. The quantitative estimate of drug-likeness (QED) is 0.782. The molecule has 0 bridgehead atoms. The lowest BCUT2D eigenvalue weighted by Gasteiger charge is -2.23. The molecule has 72 valence electrons. The van der Waals surface area contributed by atoms with Gasteiger partial charge in [0.1, 0.15) is 5.82 Å². The lowest BCUT2D eigenvalue weighted by molar-refractivity contribution is 0.472. The van der Waals surface area contributed by atoms with Crippen LogP contribution in [0.3, 0.4) is 0 Å². The van der Waals surface area contributed by atoms with Gasteiger partial charge in [-0.3, -0.25) is 0 Å². The van der Waals surface area contributed by atoms with E-state index in [9.17, 15) is 4.39 Å². The minimum absolute atomic E-state index is 0.135. The van der Waals surface area contributed by atoms with E-state index in [1.54, 1.807) is 6.07 Å². The third-order valence-electron chi connectivity index (χ3n) is 2.31. The van der Waals surface area contributed by atoms with Gasteiger partial charge in [-0.15, -0.1) is 0 Å². The molecule has 0 spiro atoms. The molecule has 0 amide bonds. The summed E-state index contributed by atoms with van der Waals surface area (Å²) in [6.07, 6.45) is 0.758. The molecule has 0 radical (unpaired) electrons. The predicted molar refractivity (Wildman–Crippen MR) is 53.2 cm³/mol. The topological polar surface area (TPSA) is 26.0 Å². The van der Waals surface area contributed by atoms with E-state index in [1.807, 2.05) is 13.8 Å². The van der Waals surface area contributed by atoms with Gasteiger partial charge in [0.2, 0.25) is 0 Å². The monoisotopic (exact) mass is 201 g/mol. The molecule has 0 saturated heterocycles. The van der Waals surface area contributed by atoms with Gasteiger partial charge >= 0.3 is 0 Å². The Morgan fingerprint density at radius 1 is 1.54 bits per heavy atom. The van der Waals surface area contributed by atoms with Crippen molar-refractivity contribution in [3.8, 4) is 0 Å². The van der Waals surface area contributed by atoms with Gasteiger partial charge in [0, 0.05) is 5.54 Å². The molecule has 3 heteroatoms. The maximum absolute atomic E-state index is 13.1. The van der Waals surface area contributed by atoms with Crippen LogP contribution in [-0.2, 0) is 5.54 Å². The Morgan fingerprint density at radius 3 is 2.62 bits per heavy atom. The van der Waals surface area contributed by atoms with Crippen LogP contribution in [0.25, 0.3) is 0 Å². The lowest BCUT2D eigenvalue weighted by atomic mass is 9.91. The number of hydrogen-bond donors (Lipinski definition) is 1. The Morgan fingerprint density at radius 2 is 2.15 bits per heavy atom. The molecule has 1 nitrogen and oxygen atoms in total. The van der Waals surface area contributed by atoms with Gasteiger partial charge in [0.25, 0.3) is 0 Å². The average molecular weight is 202 g/mol. The maximum Gasteiger partial charge on any atom is 0.142 e. The fourth-order valence-corrected chi connectivity index (χ4v) is 1.17. The summed E-state index contributed by atoms with van der Waals surface area (Å²) in [5.74, 6) is -0.413. The maximum atomic E-state index is 13.1. The van der Waals surface area contributed by atoms with E-state index in [0.29, 0.717) is 0 Å². The summed E-state index contributed by atoms with van der Waals surface area (Å²) in [7, 11) is 0. The molecule has 13 heavy (non-hydrogen) atoms. The van der Waals surface area contributed by atoms with Crippen molar-refractivity contribution in [2.45, 2.75) is 25.8 Å². The molecular weight excluding hydrogens is 189 g/mol. The molecule has 1 atom stereocenters. The molecule has 0 aliphatic heterocycles. The largest absolute Gasteiger partial charge is 0.322 e. The Kier molecular flexibility index (Phi) is 2.94. The summed E-state index contributed by atoms with van der Waals surface area (Å²) in [6, 6.07) is 4.69. The molecule has 0 aromatic heterocycles. The molecule has 0 aliphatic carbocycles. The van der Waals surface area contributed by atoms with Gasteiger partial charge in [-0.05, 0) is 31.0 Å². The molecule has 0 heterocycles. The standard InChI is InChI=1S/C10H13ClFN/c1-3-10(2,13)7-4-5-8(11)9(12)6-7/h4-6H,3,13H2,1-2H3. The lowest BCUT2D eigenvalue weighted by Crippen LogP contribution is -2.31. The van der Waals surface area contributed by atoms with Crippen LogP contribution in [0.2, 0.25) is 5.02 Å². The molecule has 1 aromatic carbocycles. The van der Waals surface area contributed by atoms with Crippen molar-refractivity contribution in [1.29, 1.82) is 0 Å². The van der Waals surface area contributed by atoms with Crippen molar-refractivity contribution < 1.29 is 4.39 Å². The van der Waals surface area contributed by atoms with Crippen molar-refractivity contribution in [2.75, 3.05) is 0 Å². The Bertz CT molecular complexity index is 310. The van der Waals surface area contributed by atoms with Crippen LogP contribution in [0.15, 0.2) is 18.2 Å². The summed E-state index contributed by atoms with van der Waals surface area (Å²) in [5, 5.41) is 0.135. The van der Waals surface area contributed by atoms with Crippen LogP contribution in [0.4, 0.5) is 4.39 Å². The molecule has 0 saturated carbocycles. The average Bonchev–Trinajstić information content (AvgIpc) is 2.09. The summed E-state index contributed by atoms with van der Waals surface area (Å²) in [4.78, 5) is 0. The van der Waals surface area contributed by atoms with E-state index in [4.69, 9.17) is 17.3 Å². The SMILES string of the molecule is CCC(C)(N)c1ccc(Cl)c(F)c1. The predicted octanol–water partition coefficient (Wildman–Crippen LogP) is 3.06. The smallest absolute Gasteiger partial charge is 0.142 e. The van der Waals surface area contributed by atoms with Gasteiger partial charge in [-0.2, -0.15) is 0 Å². The molecule has 1 aromatic rings. The number of nitrogens with two attached hydrogens (primary N) is 1. The number of halogens is 2. The van der Waals surface area contributed by atoms with Crippen LogP contribution in [0, 0.1) is 5.82 Å². The van der Waals surface area contributed by atoms with Crippen LogP contribution >= 0.6 is 11.6 Å². The first-order chi connectivity index (χ1) is 5.97. The summed E-state index contributed by atoms with van der Waals surface area (Å²) in [5.41, 5.74) is 6.24. The molecule has 2 N–H and O–H groups in total. The summed E-state index contributed by atoms with van der Waals surface area (Å²) >= 11 is 5.56. The first-order valence-electron chi connectivity index (χ1n) is 4.22. The highest BCUT2D eigenvalue weighted by molar-refractivity contribution is 6.30. The van der Waals surface area contributed by atoms with Crippen molar-refractivity contribution in [2.24, 2.45) is 5.73 Å². The zero-order chi connectivity index (χ0) is 10.1. The minimum atomic E-state index is -0.481. The van der Waals surface area contributed by atoms with Gasteiger partial charge in [0.05, 0.1) is 5.02 Å². The summed E-state index contributed by atoms with van der Waals surface area (Å²) in [6.45, 7) is 3.84. The second-order valence-electron chi connectivity index (χ2n) is 3.40. The van der Waals surface area contributed by atoms with E-state index in [2.05, 4.69) is 0 Å². The molecule has 0 fully saturated rings. The Labute approximate surface area is 82.7 Å². The highest BCUT2D eigenvalue weighted by atomic mass is 35.5. The van der Waals surface area contributed by atoms with Gasteiger partial charge in [-0.25, -0.2) is 4.39 Å². The second kappa shape index (κ2) is 3.64. The second-order valence-corrected chi connectivity index (χ2v) is 3.81. The number of rotatable bonds is 2. The van der Waals surface area contributed by atoms with Crippen LogP contribution in [0.1, 0.15) is 25.8 Å². The first-order valence-corrected chi connectivity index (χ1v) is 4.59. The van der Waals surface area contributed by atoms with Crippen LogP contribution < -0.4 is 5.73 Å². The highest BCUT2D eigenvalue weighted by Gasteiger charge is 2.19. The van der Waals surface area contributed by atoms with Crippen molar-refractivity contribution in [3.63, 3.8) is 0 Å². The van der Waals surface area contributed by atoms with E-state index < -0.39 is 11.4 Å². The Hall–Kier alpha value is -0.600. The summed E-state index contributed by atoms with van der Waals surface area (Å²) < 4.78 is 13.1. The van der Waals surface area contributed by atoms with E-state index in [0.717, 1.165) is 12.0 Å². The normalized spacial score (nSPS) is 15.5. The van der Waals surface area contributed by atoms with Crippen molar-refractivity contribution in [1.82, 2.24) is 0 Å². The minimum Gasteiger partial charge on any atom is -0.322 e. The highest BCUT2D eigenvalue weighted by Crippen LogP contribution is 2.24. The van der Waals surface area contributed by atoms with Crippen LogP contribution in [-0.4, -0.2) is 0 Å². The van der Waals surface area contributed by atoms with Gasteiger partial charge in [0.15, 0.2) is 0 Å². The van der Waals surface area contributed by atoms with Gasteiger partial charge in [-0.1, -0.05) is 24.6 Å². The third-order valence-corrected chi connectivity index (χ3v) is 2.62. The van der Waals surface area contributed by atoms with E-state index in [-0.39, 0.29) is 5.02 Å². The molecule has 1 unspecified atom stereocenters. The fourth-order valence-electron chi connectivity index (χ4n) is 1.06. The third kappa shape index (κ3) is 2.20. The fraction of sp³-hybridized carbons (Fsp3) is 0.400. The molecule has 1 rings (SSSR count).